The molecular weight excluding hydrogens is 410 g/mol. The van der Waals surface area contributed by atoms with Crippen molar-refractivity contribution >= 4 is 34.2 Å². The van der Waals surface area contributed by atoms with E-state index in [1.54, 1.807) is 55.5 Å². The van der Waals surface area contributed by atoms with Crippen LogP contribution >= 0.6 is 0 Å². The minimum absolute atomic E-state index is 0.0423. The molecule has 4 rings (SSSR count). The number of aromatic hydroxyl groups is 1. The van der Waals surface area contributed by atoms with Crippen LogP contribution < -0.4 is 9.64 Å². The molecule has 0 fully saturated rings. The molecule has 0 saturated carbocycles. The summed E-state index contributed by atoms with van der Waals surface area (Å²) in [5, 5.41) is 21.2. The minimum Gasteiger partial charge on any atom is -0.506 e. The van der Waals surface area contributed by atoms with Gasteiger partial charge in [-0.25, -0.2) is 4.90 Å². The zero-order valence-corrected chi connectivity index (χ0v) is 17.8. The van der Waals surface area contributed by atoms with E-state index in [0.717, 1.165) is 4.90 Å². The van der Waals surface area contributed by atoms with Gasteiger partial charge in [0.1, 0.15) is 11.5 Å². The summed E-state index contributed by atoms with van der Waals surface area (Å²) in [5.41, 5.74) is 0.840. The van der Waals surface area contributed by atoms with Crippen LogP contribution in [-0.4, -0.2) is 34.6 Å². The van der Waals surface area contributed by atoms with Gasteiger partial charge < -0.3 is 14.9 Å². The predicted octanol–water partition coefficient (Wildman–Crippen LogP) is 4.71. The maximum Gasteiger partial charge on any atom is 0.310 e. The Morgan fingerprint density at radius 2 is 1.59 bits per heavy atom. The molecule has 1 aliphatic heterocycles. The molecule has 0 bridgehead atoms. The van der Waals surface area contributed by atoms with Gasteiger partial charge in [-0.2, -0.15) is 0 Å². The van der Waals surface area contributed by atoms with Crippen LogP contribution in [0.25, 0.3) is 10.8 Å². The molecule has 1 atom stereocenters. The van der Waals surface area contributed by atoms with Crippen LogP contribution in [0.5, 0.6) is 11.5 Å². The highest BCUT2D eigenvalue weighted by atomic mass is 16.5. The van der Waals surface area contributed by atoms with E-state index in [1.165, 1.54) is 0 Å². The van der Waals surface area contributed by atoms with Gasteiger partial charge in [0.25, 0.3) is 11.8 Å². The lowest BCUT2D eigenvalue weighted by atomic mass is 9.96. The zero-order chi connectivity index (χ0) is 23.0. The summed E-state index contributed by atoms with van der Waals surface area (Å²) in [6.45, 7) is 4.07. The van der Waals surface area contributed by atoms with E-state index in [9.17, 15) is 24.6 Å². The second-order valence-electron chi connectivity index (χ2n) is 7.66. The van der Waals surface area contributed by atoms with Gasteiger partial charge in [0, 0.05) is 10.8 Å². The number of anilines is 1. The molecule has 7 heteroatoms. The third kappa shape index (κ3) is 3.26. The van der Waals surface area contributed by atoms with Crippen LogP contribution in [0.15, 0.2) is 48.5 Å². The van der Waals surface area contributed by atoms with Gasteiger partial charge in [-0.3, -0.25) is 14.4 Å². The number of imide groups is 1. The molecule has 1 heterocycles. The minimum atomic E-state index is -0.935. The molecular formula is C25H23NO6. The Morgan fingerprint density at radius 3 is 2.19 bits per heavy atom. The van der Waals surface area contributed by atoms with Crippen LogP contribution in [0.4, 0.5) is 5.69 Å². The Labute approximate surface area is 184 Å². The number of fused-ring (bicyclic) bond motifs is 2. The monoisotopic (exact) mass is 433 g/mol. The van der Waals surface area contributed by atoms with Crippen LogP contribution in [0.1, 0.15) is 58.9 Å². The lowest BCUT2D eigenvalue weighted by Gasteiger charge is -2.16. The van der Waals surface area contributed by atoms with Crippen molar-refractivity contribution < 1.29 is 29.3 Å². The van der Waals surface area contributed by atoms with E-state index in [4.69, 9.17) is 4.74 Å². The number of carbonyl (C=O) groups excluding carboxylic acids is 2. The van der Waals surface area contributed by atoms with E-state index in [-0.39, 0.29) is 22.6 Å². The number of ether oxygens (including phenoxy) is 1. The second-order valence-corrected chi connectivity index (χ2v) is 7.66. The molecule has 0 aromatic heterocycles. The van der Waals surface area contributed by atoms with Crippen molar-refractivity contribution in [1.29, 1.82) is 0 Å². The lowest BCUT2D eigenvalue weighted by Crippen LogP contribution is -2.29. The van der Waals surface area contributed by atoms with E-state index < -0.39 is 23.7 Å². The van der Waals surface area contributed by atoms with Gasteiger partial charge >= 0.3 is 5.97 Å². The van der Waals surface area contributed by atoms with Crippen LogP contribution in [-0.2, 0) is 4.79 Å². The Morgan fingerprint density at radius 1 is 0.969 bits per heavy atom. The number of hydrogen-bond acceptors (Lipinski definition) is 5. The molecule has 164 valence electrons. The SMILES string of the molecule is CCCOc1c2c(c(O)c3ccccc13)C(=O)N(c1ccc(C(CC)C(=O)O)cc1)C2=O. The van der Waals surface area contributed by atoms with Crippen molar-refractivity contribution in [3.8, 4) is 11.5 Å². The molecule has 0 saturated heterocycles. The first-order valence-corrected chi connectivity index (χ1v) is 10.5. The number of nitrogens with zero attached hydrogens (tertiary/aromatic N) is 1. The van der Waals surface area contributed by atoms with Crippen molar-refractivity contribution in [3.63, 3.8) is 0 Å². The molecule has 0 spiro atoms. The Hall–Kier alpha value is -3.87. The Kier molecular flexibility index (Phi) is 5.57. The number of amides is 2. The van der Waals surface area contributed by atoms with Gasteiger partial charge in [-0.15, -0.1) is 0 Å². The Bertz CT molecular complexity index is 1230. The highest BCUT2D eigenvalue weighted by Gasteiger charge is 2.43. The fraction of sp³-hybridized carbons (Fsp3) is 0.240. The predicted molar refractivity (Wildman–Crippen MR) is 120 cm³/mol. The first-order valence-electron chi connectivity index (χ1n) is 10.5. The maximum absolute atomic E-state index is 13.4. The Balaban J connectivity index is 1.83. The maximum atomic E-state index is 13.4. The van der Waals surface area contributed by atoms with E-state index in [2.05, 4.69) is 0 Å². The molecule has 1 unspecified atom stereocenters. The molecule has 0 aliphatic carbocycles. The lowest BCUT2D eigenvalue weighted by molar-refractivity contribution is -0.138. The van der Waals surface area contributed by atoms with Crippen LogP contribution in [0.2, 0.25) is 0 Å². The highest BCUT2D eigenvalue weighted by Crippen LogP contribution is 2.45. The highest BCUT2D eigenvalue weighted by molar-refractivity contribution is 6.38. The van der Waals surface area contributed by atoms with Crippen LogP contribution in [0, 0.1) is 0 Å². The van der Waals surface area contributed by atoms with Crippen molar-refractivity contribution in [1.82, 2.24) is 0 Å². The number of hydrogen-bond donors (Lipinski definition) is 2. The number of aliphatic carboxylic acids is 1. The first-order chi connectivity index (χ1) is 15.4. The number of carbonyl (C=O) groups is 3. The molecule has 2 N–H and O–H groups in total. The quantitative estimate of drug-likeness (QED) is 0.523. The number of phenolic OH excluding ortho intramolecular Hbond substituents is 1. The number of carboxylic acid groups (broad SMARTS) is 1. The van der Waals surface area contributed by atoms with Crippen molar-refractivity contribution in [2.24, 2.45) is 0 Å². The van der Waals surface area contributed by atoms with Crippen molar-refractivity contribution in [3.05, 3.63) is 65.2 Å². The summed E-state index contributed by atoms with van der Waals surface area (Å²) in [4.78, 5) is 39.1. The second kappa shape index (κ2) is 8.34. The summed E-state index contributed by atoms with van der Waals surface area (Å²) in [6, 6.07) is 13.2. The largest absolute Gasteiger partial charge is 0.506 e. The zero-order valence-electron chi connectivity index (χ0n) is 17.8. The van der Waals surface area contributed by atoms with Gasteiger partial charge in [-0.05, 0) is 30.5 Å². The van der Waals surface area contributed by atoms with Crippen molar-refractivity contribution in [2.75, 3.05) is 11.5 Å². The molecule has 1 aliphatic rings. The topological polar surface area (TPSA) is 104 Å². The molecule has 0 radical (unpaired) electrons. The standard InChI is InChI=1S/C25H23NO6/c1-3-13-32-22-18-8-6-5-7-17(18)21(27)19-20(22)24(29)26(23(19)28)15-11-9-14(10-12-15)16(4-2)25(30)31/h5-12,16,27H,3-4,13H2,1-2H3,(H,30,31). The summed E-state index contributed by atoms with van der Waals surface area (Å²) in [6.07, 6.45) is 1.12. The fourth-order valence-electron chi connectivity index (χ4n) is 4.11. The first kappa shape index (κ1) is 21.4. The summed E-state index contributed by atoms with van der Waals surface area (Å²) >= 11 is 0. The van der Waals surface area contributed by atoms with Gasteiger partial charge in [0.05, 0.1) is 29.3 Å². The number of carboxylic acids is 1. The third-order valence-corrected chi connectivity index (χ3v) is 5.69. The van der Waals surface area contributed by atoms with Gasteiger partial charge in [0.15, 0.2) is 0 Å². The average molecular weight is 433 g/mol. The van der Waals surface area contributed by atoms with Crippen molar-refractivity contribution in [2.45, 2.75) is 32.6 Å². The molecule has 2 amide bonds. The molecule has 32 heavy (non-hydrogen) atoms. The summed E-state index contributed by atoms with van der Waals surface area (Å²) < 4.78 is 5.88. The number of rotatable bonds is 7. The number of benzene rings is 3. The molecule has 7 nitrogen and oxygen atoms in total. The summed E-state index contributed by atoms with van der Waals surface area (Å²) in [7, 11) is 0. The average Bonchev–Trinajstić information content (AvgIpc) is 3.05. The normalized spacial score (nSPS) is 14.0. The fourth-order valence-corrected chi connectivity index (χ4v) is 4.11. The van der Waals surface area contributed by atoms with Crippen LogP contribution in [0.3, 0.4) is 0 Å². The summed E-state index contributed by atoms with van der Waals surface area (Å²) in [5.74, 6) is -2.81. The van der Waals surface area contributed by atoms with E-state index in [0.29, 0.717) is 41.5 Å². The van der Waals surface area contributed by atoms with E-state index in [1.807, 2.05) is 6.92 Å². The van der Waals surface area contributed by atoms with Gasteiger partial charge in [0.2, 0.25) is 0 Å². The third-order valence-electron chi connectivity index (χ3n) is 5.69. The molecule has 3 aromatic rings. The molecule has 3 aromatic carbocycles. The smallest absolute Gasteiger partial charge is 0.310 e. The van der Waals surface area contributed by atoms with Gasteiger partial charge in [-0.1, -0.05) is 50.2 Å². The van der Waals surface area contributed by atoms with E-state index >= 15 is 0 Å². The number of phenols is 1.